The Labute approximate surface area is 107 Å². The Morgan fingerprint density at radius 3 is 2.28 bits per heavy atom. The Bertz CT molecular complexity index is 290. The van der Waals surface area contributed by atoms with Gasteiger partial charge in [0.15, 0.2) is 0 Å². The molecule has 7 nitrogen and oxygen atoms in total. The van der Waals surface area contributed by atoms with Crippen LogP contribution in [0.2, 0.25) is 0 Å². The van der Waals surface area contributed by atoms with E-state index in [1.807, 2.05) is 11.8 Å². The van der Waals surface area contributed by atoms with Crippen LogP contribution in [-0.2, 0) is 4.79 Å². The average molecular weight is 259 g/mol. The van der Waals surface area contributed by atoms with Gasteiger partial charge in [0.25, 0.3) is 0 Å². The number of aliphatic carboxylic acids is 1. The molecule has 2 amide bonds. The molecule has 1 heterocycles. The number of rotatable bonds is 5. The third kappa shape index (κ3) is 4.15. The van der Waals surface area contributed by atoms with Crippen molar-refractivity contribution >= 4 is 12.0 Å². The lowest BCUT2D eigenvalue weighted by Crippen LogP contribution is -2.53. The van der Waals surface area contributed by atoms with Crippen LogP contribution in [0.3, 0.4) is 0 Å². The predicted molar refractivity (Wildman–Crippen MR) is 65.4 cm³/mol. The van der Waals surface area contributed by atoms with E-state index >= 15 is 0 Å². The number of nitrogens with zero attached hydrogens (tertiary/aromatic N) is 3. The van der Waals surface area contributed by atoms with Gasteiger partial charge in [-0.05, 0) is 6.92 Å². The van der Waals surface area contributed by atoms with E-state index in [1.165, 1.54) is 0 Å². The second-order valence-electron chi connectivity index (χ2n) is 4.24. The Morgan fingerprint density at radius 1 is 1.22 bits per heavy atom. The first-order valence-corrected chi connectivity index (χ1v) is 6.17. The van der Waals surface area contributed by atoms with Crippen molar-refractivity contribution in [2.45, 2.75) is 6.92 Å². The Morgan fingerprint density at radius 2 is 1.83 bits per heavy atom. The zero-order chi connectivity index (χ0) is 13.5. The first-order valence-electron chi connectivity index (χ1n) is 6.17. The van der Waals surface area contributed by atoms with Gasteiger partial charge in [-0.1, -0.05) is 0 Å². The molecule has 0 saturated carbocycles. The van der Waals surface area contributed by atoms with Gasteiger partial charge >= 0.3 is 12.0 Å². The van der Waals surface area contributed by atoms with Crippen LogP contribution in [0.25, 0.3) is 0 Å². The molecular formula is C11H21N3O4. The molecule has 7 heteroatoms. The summed E-state index contributed by atoms with van der Waals surface area (Å²) in [5, 5.41) is 17.5. The van der Waals surface area contributed by atoms with Gasteiger partial charge in [-0.2, -0.15) is 0 Å². The van der Waals surface area contributed by atoms with Gasteiger partial charge in [-0.25, -0.2) is 4.79 Å². The maximum absolute atomic E-state index is 12.1. The molecule has 18 heavy (non-hydrogen) atoms. The summed E-state index contributed by atoms with van der Waals surface area (Å²) in [5.74, 6) is -0.842. The second-order valence-corrected chi connectivity index (χ2v) is 4.24. The number of carboxylic acids is 1. The molecule has 0 radical (unpaired) electrons. The van der Waals surface area contributed by atoms with Gasteiger partial charge < -0.3 is 20.0 Å². The fourth-order valence-electron chi connectivity index (χ4n) is 2.00. The van der Waals surface area contributed by atoms with Gasteiger partial charge in [-0.15, -0.1) is 0 Å². The summed E-state index contributed by atoms with van der Waals surface area (Å²) < 4.78 is 0. The predicted octanol–water partition coefficient (Wildman–Crippen LogP) is -0.877. The third-order valence-corrected chi connectivity index (χ3v) is 3.02. The lowest BCUT2D eigenvalue weighted by Gasteiger charge is -2.36. The topological polar surface area (TPSA) is 84.3 Å². The molecule has 0 aromatic heterocycles. The Balaban J connectivity index is 2.41. The minimum Gasteiger partial charge on any atom is -0.480 e. The van der Waals surface area contributed by atoms with E-state index < -0.39 is 5.97 Å². The SMILES string of the molecule is CCN(CCO)C(=O)N1CCN(CC(=O)O)CC1. The number of hydrogen-bond acceptors (Lipinski definition) is 4. The van der Waals surface area contributed by atoms with E-state index in [0.29, 0.717) is 39.3 Å². The quantitative estimate of drug-likeness (QED) is 0.670. The molecule has 0 unspecified atom stereocenters. The van der Waals surface area contributed by atoms with Gasteiger partial charge in [0.1, 0.15) is 0 Å². The molecule has 1 rings (SSSR count). The van der Waals surface area contributed by atoms with Gasteiger partial charge in [-0.3, -0.25) is 9.69 Å². The number of aliphatic hydroxyl groups is 1. The van der Waals surface area contributed by atoms with Gasteiger partial charge in [0.05, 0.1) is 13.2 Å². The molecule has 0 aliphatic carbocycles. The molecule has 1 aliphatic heterocycles. The van der Waals surface area contributed by atoms with E-state index in [-0.39, 0.29) is 19.2 Å². The van der Waals surface area contributed by atoms with Crippen LogP contribution < -0.4 is 0 Å². The van der Waals surface area contributed by atoms with Crippen LogP contribution in [0.4, 0.5) is 4.79 Å². The number of hydrogen-bond donors (Lipinski definition) is 2. The molecule has 1 aliphatic rings. The van der Waals surface area contributed by atoms with E-state index in [0.717, 1.165) is 0 Å². The number of likely N-dealkylation sites (N-methyl/N-ethyl adjacent to an activating group) is 1. The van der Waals surface area contributed by atoms with E-state index in [9.17, 15) is 9.59 Å². The Hall–Kier alpha value is -1.34. The summed E-state index contributed by atoms with van der Waals surface area (Å²) in [6.07, 6.45) is 0. The third-order valence-electron chi connectivity index (χ3n) is 3.02. The van der Waals surface area contributed by atoms with Crippen molar-refractivity contribution in [2.24, 2.45) is 0 Å². The Kier molecular flexibility index (Phi) is 5.87. The zero-order valence-electron chi connectivity index (χ0n) is 10.7. The molecule has 104 valence electrons. The van der Waals surface area contributed by atoms with Crippen LogP contribution in [0, 0.1) is 0 Å². The van der Waals surface area contributed by atoms with Crippen molar-refractivity contribution in [3.05, 3.63) is 0 Å². The fourth-order valence-corrected chi connectivity index (χ4v) is 2.00. The number of piperazine rings is 1. The van der Waals surface area contributed by atoms with E-state index in [1.54, 1.807) is 9.80 Å². The lowest BCUT2D eigenvalue weighted by atomic mass is 10.3. The van der Waals surface area contributed by atoms with E-state index in [4.69, 9.17) is 10.2 Å². The molecular weight excluding hydrogens is 238 g/mol. The minimum atomic E-state index is -0.842. The smallest absolute Gasteiger partial charge is 0.320 e. The van der Waals surface area contributed by atoms with Gasteiger partial charge in [0, 0.05) is 39.3 Å². The highest BCUT2D eigenvalue weighted by Crippen LogP contribution is 2.05. The first-order chi connectivity index (χ1) is 8.58. The average Bonchev–Trinajstić information content (AvgIpc) is 2.35. The normalized spacial score (nSPS) is 16.7. The molecule has 0 aromatic carbocycles. The molecule has 2 N–H and O–H groups in total. The molecule has 0 spiro atoms. The van der Waals surface area contributed by atoms with Crippen molar-refractivity contribution < 1.29 is 19.8 Å². The van der Waals surface area contributed by atoms with Crippen molar-refractivity contribution in [1.29, 1.82) is 0 Å². The van der Waals surface area contributed by atoms with Crippen molar-refractivity contribution in [2.75, 3.05) is 52.4 Å². The highest BCUT2D eigenvalue weighted by Gasteiger charge is 2.24. The number of aliphatic hydroxyl groups excluding tert-OH is 1. The van der Waals surface area contributed by atoms with Crippen LogP contribution >= 0.6 is 0 Å². The van der Waals surface area contributed by atoms with Crippen molar-refractivity contribution in [1.82, 2.24) is 14.7 Å². The molecule has 1 saturated heterocycles. The largest absolute Gasteiger partial charge is 0.480 e. The second kappa shape index (κ2) is 7.17. The summed E-state index contributed by atoms with van der Waals surface area (Å²) in [5.41, 5.74) is 0. The standard InChI is InChI=1S/C11H21N3O4/c1-2-13(7-8-15)11(18)14-5-3-12(4-6-14)9-10(16)17/h15H,2-9H2,1H3,(H,16,17). The molecule has 0 aromatic rings. The highest BCUT2D eigenvalue weighted by molar-refractivity contribution is 5.74. The zero-order valence-corrected chi connectivity index (χ0v) is 10.7. The monoisotopic (exact) mass is 259 g/mol. The van der Waals surface area contributed by atoms with E-state index in [2.05, 4.69) is 0 Å². The number of urea groups is 1. The summed E-state index contributed by atoms with van der Waals surface area (Å²) in [6, 6.07) is -0.0819. The minimum absolute atomic E-state index is 0.0240. The van der Waals surface area contributed by atoms with Crippen molar-refractivity contribution in [3.8, 4) is 0 Å². The summed E-state index contributed by atoms with van der Waals surface area (Å²) >= 11 is 0. The number of carbonyl (C=O) groups excluding carboxylic acids is 1. The fraction of sp³-hybridized carbons (Fsp3) is 0.818. The van der Waals surface area contributed by atoms with Crippen LogP contribution in [0.1, 0.15) is 6.92 Å². The van der Waals surface area contributed by atoms with Crippen LogP contribution in [0.5, 0.6) is 0 Å². The number of amides is 2. The summed E-state index contributed by atoms with van der Waals surface area (Å²) in [7, 11) is 0. The number of carboxylic acid groups (broad SMARTS) is 1. The lowest BCUT2D eigenvalue weighted by molar-refractivity contribution is -0.138. The van der Waals surface area contributed by atoms with Crippen LogP contribution in [0.15, 0.2) is 0 Å². The van der Waals surface area contributed by atoms with Gasteiger partial charge in [0.2, 0.25) is 0 Å². The molecule has 0 bridgehead atoms. The summed E-state index contributed by atoms with van der Waals surface area (Å²) in [6.45, 7) is 4.98. The summed E-state index contributed by atoms with van der Waals surface area (Å²) in [4.78, 5) is 27.7. The molecule has 0 atom stereocenters. The number of carbonyl (C=O) groups is 2. The van der Waals surface area contributed by atoms with Crippen molar-refractivity contribution in [3.63, 3.8) is 0 Å². The highest BCUT2D eigenvalue weighted by atomic mass is 16.4. The first kappa shape index (κ1) is 14.7. The van der Waals surface area contributed by atoms with Crippen LogP contribution in [-0.4, -0.2) is 89.3 Å². The molecule has 1 fully saturated rings. The maximum Gasteiger partial charge on any atom is 0.320 e. The maximum atomic E-state index is 12.1.